The minimum Gasteiger partial charge on any atom is -0.326 e. The van der Waals surface area contributed by atoms with E-state index in [2.05, 4.69) is 17.5 Å². The van der Waals surface area contributed by atoms with E-state index in [0.717, 1.165) is 24.0 Å². The minimum atomic E-state index is -0.202. The van der Waals surface area contributed by atoms with Gasteiger partial charge >= 0.3 is 0 Å². The van der Waals surface area contributed by atoms with Gasteiger partial charge in [-0.25, -0.2) is 0 Å². The second kappa shape index (κ2) is 4.65. The van der Waals surface area contributed by atoms with E-state index in [9.17, 15) is 9.59 Å². The zero-order valence-corrected chi connectivity index (χ0v) is 10.9. The van der Waals surface area contributed by atoms with Gasteiger partial charge in [-0.2, -0.15) is 0 Å². The van der Waals surface area contributed by atoms with Crippen LogP contribution in [-0.2, 0) is 9.59 Å². The molecule has 1 aromatic carbocycles. The fourth-order valence-corrected chi connectivity index (χ4v) is 3.34. The number of para-hydroxylation sites is 1. The summed E-state index contributed by atoms with van der Waals surface area (Å²) in [6.07, 6.45) is 6.07. The fourth-order valence-electron chi connectivity index (χ4n) is 3.34. The first-order valence-electron chi connectivity index (χ1n) is 6.71. The van der Waals surface area contributed by atoms with E-state index in [4.69, 9.17) is 0 Å². The number of hydrogen-bond acceptors (Lipinski definition) is 2. The Hall–Kier alpha value is -1.90. The Labute approximate surface area is 112 Å². The highest BCUT2D eigenvalue weighted by atomic mass is 16.2. The fraction of sp³-hybridized carbons (Fsp3) is 0.375. The molecule has 1 aromatic rings. The number of carbonyl (C=O) groups excluding carboxylic acids is 2. The van der Waals surface area contributed by atoms with Crippen LogP contribution < -0.4 is 5.32 Å². The number of nitrogens with one attached hydrogen (secondary N) is 1. The lowest BCUT2D eigenvalue weighted by molar-refractivity contribution is -0.125. The van der Waals surface area contributed by atoms with Crippen LogP contribution in [0.2, 0.25) is 0 Å². The Kier molecular flexibility index (Phi) is 2.97. The first-order chi connectivity index (χ1) is 9.20. The molecule has 0 saturated heterocycles. The Morgan fingerprint density at radius 2 is 2.00 bits per heavy atom. The van der Waals surface area contributed by atoms with Gasteiger partial charge in [0.05, 0.1) is 5.92 Å². The van der Waals surface area contributed by atoms with E-state index in [1.54, 1.807) is 0 Å². The third-order valence-corrected chi connectivity index (χ3v) is 4.38. The number of anilines is 1. The van der Waals surface area contributed by atoms with Gasteiger partial charge in [0, 0.05) is 11.6 Å². The topological polar surface area (TPSA) is 46.2 Å². The van der Waals surface area contributed by atoms with Crippen LogP contribution >= 0.6 is 0 Å². The van der Waals surface area contributed by atoms with Crippen molar-refractivity contribution in [1.82, 2.24) is 0 Å². The van der Waals surface area contributed by atoms with Crippen LogP contribution in [0.3, 0.4) is 0 Å². The van der Waals surface area contributed by atoms with Crippen LogP contribution in [0.5, 0.6) is 0 Å². The average Bonchev–Trinajstić information content (AvgIpc) is 3.01. The van der Waals surface area contributed by atoms with E-state index in [1.165, 1.54) is 0 Å². The Morgan fingerprint density at radius 3 is 2.74 bits per heavy atom. The van der Waals surface area contributed by atoms with Crippen LogP contribution in [0.4, 0.5) is 5.69 Å². The number of carbonyl (C=O) groups is 2. The molecule has 2 aliphatic rings. The van der Waals surface area contributed by atoms with Crippen molar-refractivity contribution in [3.63, 3.8) is 0 Å². The molecular weight excluding hydrogens is 238 g/mol. The van der Waals surface area contributed by atoms with Gasteiger partial charge in [-0.15, -0.1) is 0 Å². The smallest absolute Gasteiger partial charge is 0.228 e. The van der Waals surface area contributed by atoms with Crippen molar-refractivity contribution in [2.75, 3.05) is 5.32 Å². The summed E-state index contributed by atoms with van der Waals surface area (Å²) >= 11 is 0. The first-order valence-corrected chi connectivity index (χ1v) is 6.71. The molecular formula is C16H17NO2. The number of aldehydes is 1. The summed E-state index contributed by atoms with van der Waals surface area (Å²) in [6.45, 7) is 1.97. The van der Waals surface area contributed by atoms with Gasteiger partial charge in [0.25, 0.3) is 0 Å². The monoisotopic (exact) mass is 255 g/mol. The zero-order chi connectivity index (χ0) is 13.4. The lowest BCUT2D eigenvalue weighted by Crippen LogP contribution is -2.33. The van der Waals surface area contributed by atoms with Gasteiger partial charge in [-0.05, 0) is 36.8 Å². The maximum absolute atomic E-state index is 12.4. The SMILES string of the molecule is Cc1ccccc1NC(=O)C1C2C=CC(C2)C1C=O. The van der Waals surface area contributed by atoms with Crippen LogP contribution in [0.1, 0.15) is 12.0 Å². The number of hydrogen-bond donors (Lipinski definition) is 1. The third kappa shape index (κ3) is 1.99. The molecule has 19 heavy (non-hydrogen) atoms. The molecule has 1 saturated carbocycles. The predicted molar refractivity (Wildman–Crippen MR) is 73.6 cm³/mol. The lowest BCUT2D eigenvalue weighted by atomic mass is 9.83. The van der Waals surface area contributed by atoms with Crippen LogP contribution in [0, 0.1) is 30.6 Å². The Bertz CT molecular complexity index is 549. The summed E-state index contributed by atoms with van der Waals surface area (Å²) in [6, 6.07) is 7.71. The average molecular weight is 255 g/mol. The Balaban J connectivity index is 1.80. The molecule has 2 bridgehead atoms. The van der Waals surface area contributed by atoms with Gasteiger partial charge in [0.15, 0.2) is 0 Å². The normalized spacial score (nSPS) is 31.4. The standard InChI is InChI=1S/C16H17NO2/c1-10-4-2-3-5-14(10)17-16(19)15-12-7-6-11(8-12)13(15)9-18/h2-7,9,11-13,15H,8H2,1H3,(H,17,19). The molecule has 1 amide bonds. The Morgan fingerprint density at radius 1 is 1.26 bits per heavy atom. The molecule has 0 aromatic heterocycles. The van der Waals surface area contributed by atoms with Crippen LogP contribution in [-0.4, -0.2) is 12.2 Å². The number of amides is 1. The van der Waals surface area contributed by atoms with Crippen molar-refractivity contribution in [1.29, 1.82) is 0 Å². The minimum absolute atomic E-state index is 0.0248. The number of aryl methyl sites for hydroxylation is 1. The predicted octanol–water partition coefficient (Wildman–Crippen LogP) is 2.57. The van der Waals surface area contributed by atoms with Gasteiger partial charge in [0.1, 0.15) is 6.29 Å². The van der Waals surface area contributed by atoms with E-state index >= 15 is 0 Å². The number of allylic oxidation sites excluding steroid dienone is 2. The van der Waals surface area contributed by atoms with E-state index < -0.39 is 0 Å². The molecule has 98 valence electrons. The number of fused-ring (bicyclic) bond motifs is 2. The quantitative estimate of drug-likeness (QED) is 0.666. The molecule has 0 spiro atoms. The molecule has 3 rings (SSSR count). The summed E-state index contributed by atoms with van der Waals surface area (Å²) in [5.41, 5.74) is 1.88. The second-order valence-electron chi connectivity index (χ2n) is 5.49. The molecule has 4 unspecified atom stereocenters. The molecule has 0 radical (unpaired) electrons. The highest BCUT2D eigenvalue weighted by Gasteiger charge is 2.47. The third-order valence-electron chi connectivity index (χ3n) is 4.38. The summed E-state index contributed by atoms with van der Waals surface area (Å²) in [5, 5.41) is 2.97. The van der Waals surface area contributed by atoms with Gasteiger partial charge < -0.3 is 10.1 Å². The van der Waals surface area contributed by atoms with Crippen molar-refractivity contribution in [2.24, 2.45) is 23.7 Å². The molecule has 1 N–H and O–H groups in total. The lowest BCUT2D eigenvalue weighted by Gasteiger charge is -2.23. The van der Waals surface area contributed by atoms with Crippen LogP contribution in [0.25, 0.3) is 0 Å². The van der Waals surface area contributed by atoms with Gasteiger partial charge in [0.2, 0.25) is 5.91 Å². The second-order valence-corrected chi connectivity index (χ2v) is 5.49. The molecule has 1 fully saturated rings. The van der Waals surface area contributed by atoms with Crippen molar-refractivity contribution >= 4 is 17.9 Å². The van der Waals surface area contributed by atoms with Gasteiger partial charge in [-0.3, -0.25) is 4.79 Å². The van der Waals surface area contributed by atoms with Crippen molar-refractivity contribution in [3.8, 4) is 0 Å². The largest absolute Gasteiger partial charge is 0.326 e. The van der Waals surface area contributed by atoms with E-state index in [1.807, 2.05) is 31.2 Å². The highest BCUT2D eigenvalue weighted by Crippen LogP contribution is 2.47. The number of rotatable bonds is 3. The highest BCUT2D eigenvalue weighted by molar-refractivity contribution is 5.95. The molecule has 3 heteroatoms. The summed E-state index contributed by atoms with van der Waals surface area (Å²) in [4.78, 5) is 23.6. The maximum Gasteiger partial charge on any atom is 0.228 e. The van der Waals surface area contributed by atoms with Gasteiger partial charge in [-0.1, -0.05) is 30.4 Å². The summed E-state index contributed by atoms with van der Waals surface area (Å²) in [7, 11) is 0. The van der Waals surface area contributed by atoms with Crippen molar-refractivity contribution < 1.29 is 9.59 Å². The molecule has 2 aliphatic carbocycles. The van der Waals surface area contributed by atoms with E-state index in [-0.39, 0.29) is 29.6 Å². The first kappa shape index (κ1) is 12.2. The maximum atomic E-state index is 12.4. The summed E-state index contributed by atoms with van der Waals surface area (Å²) < 4.78 is 0. The molecule has 0 aliphatic heterocycles. The van der Waals surface area contributed by atoms with Crippen LogP contribution in [0.15, 0.2) is 36.4 Å². The number of benzene rings is 1. The summed E-state index contributed by atoms with van der Waals surface area (Å²) in [5.74, 6) is 0.105. The molecule has 3 nitrogen and oxygen atoms in total. The van der Waals surface area contributed by atoms with Crippen molar-refractivity contribution in [3.05, 3.63) is 42.0 Å². The van der Waals surface area contributed by atoms with E-state index in [0.29, 0.717) is 0 Å². The molecule has 0 heterocycles. The molecule has 4 atom stereocenters. The van der Waals surface area contributed by atoms with Crippen molar-refractivity contribution in [2.45, 2.75) is 13.3 Å². The zero-order valence-electron chi connectivity index (χ0n) is 10.9.